The molecule has 0 unspecified atom stereocenters. The average Bonchev–Trinajstić information content (AvgIpc) is 3.31. The fourth-order valence-electron chi connectivity index (χ4n) is 3.36. The van der Waals surface area contributed by atoms with Crippen LogP contribution in [0.5, 0.6) is 0 Å². The van der Waals surface area contributed by atoms with Gasteiger partial charge < -0.3 is 9.26 Å². The third-order valence-corrected chi connectivity index (χ3v) is 7.04. The van der Waals surface area contributed by atoms with Crippen LogP contribution in [0.15, 0.2) is 16.8 Å². The van der Waals surface area contributed by atoms with Crippen molar-refractivity contribution in [3.05, 3.63) is 27.8 Å². The average molecular weight is 407 g/mol. The van der Waals surface area contributed by atoms with Gasteiger partial charge in [0.25, 0.3) is 0 Å². The summed E-state index contributed by atoms with van der Waals surface area (Å²) in [6, 6.07) is 2.13. The molecule has 154 valence electrons. The second-order valence-electron chi connectivity index (χ2n) is 8.41. The van der Waals surface area contributed by atoms with Crippen molar-refractivity contribution in [2.24, 2.45) is 0 Å². The van der Waals surface area contributed by atoms with Crippen LogP contribution in [0.2, 0.25) is 0 Å². The third-order valence-electron chi connectivity index (χ3n) is 5.80. The molecule has 2 aromatic heterocycles. The van der Waals surface area contributed by atoms with Gasteiger partial charge in [-0.1, -0.05) is 5.16 Å². The van der Waals surface area contributed by atoms with E-state index in [0.717, 1.165) is 41.6 Å². The Labute approximate surface area is 170 Å². The Kier molecular flexibility index (Phi) is 5.93. The van der Waals surface area contributed by atoms with E-state index in [9.17, 15) is 4.79 Å². The standard InChI is InChI=1S/C20H30N4O3S/c1-13-21-12-16(28-13)19(2,3)15-11-17(27-23-15)22-18(25)20(4,5)24(6)14-7-9-26-10-8-14/h11-12,14H,7-10H2,1-6H3,(H,22,25). The molecular formula is C20H30N4O3S. The number of amides is 1. The molecule has 0 atom stereocenters. The van der Waals surface area contributed by atoms with E-state index < -0.39 is 5.54 Å². The predicted octanol–water partition coefficient (Wildman–Crippen LogP) is 3.59. The summed E-state index contributed by atoms with van der Waals surface area (Å²) < 4.78 is 10.9. The van der Waals surface area contributed by atoms with Crippen LogP contribution in [-0.4, -0.2) is 52.8 Å². The lowest BCUT2D eigenvalue weighted by Crippen LogP contribution is -2.55. The number of aromatic nitrogens is 2. The first-order chi connectivity index (χ1) is 13.1. The van der Waals surface area contributed by atoms with Gasteiger partial charge in [-0.25, -0.2) is 4.98 Å². The van der Waals surface area contributed by atoms with E-state index in [1.807, 2.05) is 34.0 Å². The number of hydrogen-bond donors (Lipinski definition) is 1. The van der Waals surface area contributed by atoms with Gasteiger partial charge in [-0.2, -0.15) is 0 Å². The number of thiazole rings is 1. The lowest BCUT2D eigenvalue weighted by molar-refractivity contribution is -0.128. The number of carbonyl (C=O) groups excluding carboxylic acids is 1. The molecular weight excluding hydrogens is 376 g/mol. The zero-order valence-electron chi connectivity index (χ0n) is 17.5. The first-order valence-electron chi connectivity index (χ1n) is 9.64. The SMILES string of the molecule is Cc1ncc(C(C)(C)c2cc(NC(=O)C(C)(C)N(C)C3CCOCC3)on2)s1. The first-order valence-corrected chi connectivity index (χ1v) is 10.5. The number of anilines is 1. The Morgan fingerprint density at radius 3 is 2.57 bits per heavy atom. The lowest BCUT2D eigenvalue weighted by Gasteiger charge is -2.41. The number of nitrogens with zero attached hydrogens (tertiary/aromatic N) is 3. The molecule has 0 aromatic carbocycles. The molecule has 0 saturated carbocycles. The Bertz CT molecular complexity index is 821. The Morgan fingerprint density at radius 1 is 1.29 bits per heavy atom. The highest BCUT2D eigenvalue weighted by atomic mass is 32.1. The van der Waals surface area contributed by atoms with Crippen LogP contribution in [-0.2, 0) is 14.9 Å². The topological polar surface area (TPSA) is 80.5 Å². The summed E-state index contributed by atoms with van der Waals surface area (Å²) in [4.78, 5) is 20.5. The Morgan fingerprint density at radius 2 is 1.96 bits per heavy atom. The summed E-state index contributed by atoms with van der Waals surface area (Å²) >= 11 is 1.64. The van der Waals surface area contributed by atoms with E-state index in [2.05, 4.69) is 34.2 Å². The number of aryl methyl sites for hydroxylation is 1. The molecule has 0 radical (unpaired) electrons. The number of ether oxygens (including phenoxy) is 1. The smallest absolute Gasteiger partial charge is 0.246 e. The molecule has 8 heteroatoms. The highest BCUT2D eigenvalue weighted by Crippen LogP contribution is 2.35. The van der Waals surface area contributed by atoms with Crippen LogP contribution < -0.4 is 5.32 Å². The normalized spacial score (nSPS) is 16.5. The molecule has 2 aromatic rings. The first kappa shape index (κ1) is 21.0. The van der Waals surface area contributed by atoms with Crippen LogP contribution >= 0.6 is 11.3 Å². The number of hydrogen-bond acceptors (Lipinski definition) is 7. The molecule has 1 amide bonds. The molecule has 0 aliphatic carbocycles. The van der Waals surface area contributed by atoms with Crippen molar-refractivity contribution in [1.29, 1.82) is 0 Å². The van der Waals surface area contributed by atoms with Gasteiger partial charge in [-0.3, -0.25) is 15.0 Å². The fraction of sp³-hybridized carbons (Fsp3) is 0.650. The van der Waals surface area contributed by atoms with Crippen LogP contribution in [0.1, 0.15) is 56.1 Å². The molecule has 1 fully saturated rings. The number of likely N-dealkylation sites (N-methyl/N-ethyl adjacent to an activating group) is 1. The Hall–Kier alpha value is -1.77. The molecule has 1 aliphatic heterocycles. The van der Waals surface area contributed by atoms with Gasteiger partial charge in [0.15, 0.2) is 0 Å². The summed E-state index contributed by atoms with van der Waals surface area (Å²) in [6.07, 6.45) is 3.74. The molecule has 1 N–H and O–H groups in total. The second-order valence-corrected chi connectivity index (χ2v) is 9.65. The second kappa shape index (κ2) is 7.93. The third kappa shape index (κ3) is 4.14. The minimum atomic E-state index is -0.681. The maximum absolute atomic E-state index is 13.0. The fourth-order valence-corrected chi connectivity index (χ4v) is 4.25. The van der Waals surface area contributed by atoms with E-state index in [0.29, 0.717) is 11.9 Å². The van der Waals surface area contributed by atoms with Gasteiger partial charge in [0.1, 0.15) is 0 Å². The van der Waals surface area contributed by atoms with Crippen molar-refractivity contribution in [2.75, 3.05) is 25.6 Å². The van der Waals surface area contributed by atoms with Gasteiger partial charge in [-0.05, 0) is 54.5 Å². The molecule has 0 spiro atoms. The lowest BCUT2D eigenvalue weighted by atomic mass is 9.88. The molecule has 0 bridgehead atoms. The highest BCUT2D eigenvalue weighted by molar-refractivity contribution is 7.11. The van der Waals surface area contributed by atoms with Gasteiger partial charge >= 0.3 is 0 Å². The Balaban J connectivity index is 1.70. The maximum atomic E-state index is 13.0. The van der Waals surface area contributed by atoms with E-state index >= 15 is 0 Å². The van der Waals surface area contributed by atoms with Crippen molar-refractivity contribution in [2.45, 2.75) is 64.5 Å². The molecule has 3 heterocycles. The van der Waals surface area contributed by atoms with E-state index in [1.165, 1.54) is 0 Å². The zero-order chi connectivity index (χ0) is 20.5. The highest BCUT2D eigenvalue weighted by Gasteiger charge is 2.38. The summed E-state index contributed by atoms with van der Waals surface area (Å²) in [7, 11) is 2.00. The minimum absolute atomic E-state index is 0.115. The van der Waals surface area contributed by atoms with Crippen LogP contribution in [0, 0.1) is 6.92 Å². The van der Waals surface area contributed by atoms with Crippen molar-refractivity contribution in [3.8, 4) is 0 Å². The van der Waals surface area contributed by atoms with E-state index in [1.54, 1.807) is 17.4 Å². The van der Waals surface area contributed by atoms with E-state index in [4.69, 9.17) is 9.26 Å². The molecule has 3 rings (SSSR count). The molecule has 1 saturated heterocycles. The van der Waals surface area contributed by atoms with Crippen LogP contribution in [0.25, 0.3) is 0 Å². The monoisotopic (exact) mass is 406 g/mol. The van der Waals surface area contributed by atoms with Crippen molar-refractivity contribution in [3.63, 3.8) is 0 Å². The molecule has 1 aliphatic rings. The number of carbonyl (C=O) groups is 1. The summed E-state index contributed by atoms with van der Waals surface area (Å²) in [5, 5.41) is 8.11. The molecule has 7 nitrogen and oxygen atoms in total. The van der Waals surface area contributed by atoms with Crippen molar-refractivity contribution >= 4 is 23.1 Å². The van der Waals surface area contributed by atoms with Gasteiger partial charge in [0.2, 0.25) is 11.8 Å². The summed E-state index contributed by atoms with van der Waals surface area (Å²) in [6.45, 7) is 11.5. The van der Waals surface area contributed by atoms with Gasteiger partial charge in [-0.15, -0.1) is 11.3 Å². The molecule has 28 heavy (non-hydrogen) atoms. The predicted molar refractivity (Wildman–Crippen MR) is 110 cm³/mol. The number of nitrogens with one attached hydrogen (secondary N) is 1. The van der Waals surface area contributed by atoms with Crippen LogP contribution in [0.3, 0.4) is 0 Å². The zero-order valence-corrected chi connectivity index (χ0v) is 18.4. The number of rotatable bonds is 6. The minimum Gasteiger partial charge on any atom is -0.381 e. The van der Waals surface area contributed by atoms with E-state index in [-0.39, 0.29) is 11.3 Å². The van der Waals surface area contributed by atoms with Crippen LogP contribution in [0.4, 0.5) is 5.88 Å². The summed E-state index contributed by atoms with van der Waals surface area (Å²) in [5.41, 5.74) is -0.256. The maximum Gasteiger partial charge on any atom is 0.246 e. The largest absolute Gasteiger partial charge is 0.381 e. The van der Waals surface area contributed by atoms with Crippen molar-refractivity contribution in [1.82, 2.24) is 15.0 Å². The van der Waals surface area contributed by atoms with Crippen molar-refractivity contribution < 1.29 is 14.1 Å². The summed E-state index contributed by atoms with van der Waals surface area (Å²) in [5.74, 6) is 0.249. The van der Waals surface area contributed by atoms with Gasteiger partial charge in [0, 0.05) is 41.8 Å². The van der Waals surface area contributed by atoms with Gasteiger partial charge in [0.05, 0.1) is 16.2 Å². The quantitative estimate of drug-likeness (QED) is 0.790.